The Morgan fingerprint density at radius 1 is 1.26 bits per heavy atom. The number of methoxy groups -OCH3 is 1. The molecule has 3 rings (SSSR count). The van der Waals surface area contributed by atoms with Gasteiger partial charge in [0.1, 0.15) is 5.75 Å². The molecule has 2 aliphatic rings. The highest BCUT2D eigenvalue weighted by molar-refractivity contribution is 7.89. The van der Waals surface area contributed by atoms with Crippen molar-refractivity contribution in [2.45, 2.75) is 11.7 Å². The molecule has 0 saturated carbocycles. The van der Waals surface area contributed by atoms with Gasteiger partial charge < -0.3 is 15.0 Å². The molecule has 0 radical (unpaired) electrons. The number of anilines is 1. The first kappa shape index (κ1) is 16.8. The van der Waals surface area contributed by atoms with E-state index in [1.807, 2.05) is 18.2 Å². The summed E-state index contributed by atoms with van der Waals surface area (Å²) >= 11 is 6.28. The lowest BCUT2D eigenvalue weighted by atomic mass is 10.2. The van der Waals surface area contributed by atoms with Gasteiger partial charge in [-0.1, -0.05) is 11.6 Å². The third-order valence-corrected chi connectivity index (χ3v) is 7.18. The second-order valence-corrected chi connectivity index (χ2v) is 8.48. The Kier molecular flexibility index (Phi) is 5.01. The highest BCUT2D eigenvalue weighted by Crippen LogP contribution is 2.31. The molecule has 1 N–H and O–H groups in total. The van der Waals surface area contributed by atoms with Gasteiger partial charge in [-0.2, -0.15) is 4.31 Å². The lowest BCUT2D eigenvalue weighted by Gasteiger charge is -2.36. The lowest BCUT2D eigenvalue weighted by molar-refractivity contribution is 0.379. The Hall–Kier alpha value is -1.02. The van der Waals surface area contributed by atoms with Crippen LogP contribution in [-0.4, -0.2) is 64.4 Å². The fraction of sp³-hybridized carbons (Fsp3) is 0.600. The zero-order chi connectivity index (χ0) is 16.4. The molecule has 0 aliphatic carbocycles. The summed E-state index contributed by atoms with van der Waals surface area (Å²) in [7, 11) is -1.59. The normalized spacial score (nSPS) is 23.2. The first-order chi connectivity index (χ1) is 11.0. The summed E-state index contributed by atoms with van der Waals surface area (Å²) in [6.45, 7) is 3.59. The van der Waals surface area contributed by atoms with Crippen LogP contribution in [0.3, 0.4) is 0 Å². The number of piperazine rings is 1. The highest BCUT2D eigenvalue weighted by Gasteiger charge is 2.35. The van der Waals surface area contributed by atoms with E-state index in [-0.39, 0.29) is 5.25 Å². The van der Waals surface area contributed by atoms with Gasteiger partial charge in [-0.05, 0) is 25.1 Å². The number of hydrogen-bond acceptors (Lipinski definition) is 5. The van der Waals surface area contributed by atoms with E-state index in [4.69, 9.17) is 16.3 Å². The molecule has 6 nitrogen and oxygen atoms in total. The van der Waals surface area contributed by atoms with Gasteiger partial charge >= 0.3 is 0 Å². The molecule has 2 saturated heterocycles. The predicted octanol–water partition coefficient (Wildman–Crippen LogP) is 1.16. The molecular formula is C15H22ClN3O3S. The summed E-state index contributed by atoms with van der Waals surface area (Å²) in [5.74, 6) is 0.747. The number of sulfonamides is 1. The number of benzene rings is 1. The van der Waals surface area contributed by atoms with E-state index in [0.29, 0.717) is 44.2 Å². The van der Waals surface area contributed by atoms with Crippen molar-refractivity contribution >= 4 is 27.3 Å². The fourth-order valence-corrected chi connectivity index (χ4v) is 5.21. The number of halogens is 1. The van der Waals surface area contributed by atoms with Gasteiger partial charge in [-0.3, -0.25) is 0 Å². The summed E-state index contributed by atoms with van der Waals surface area (Å²) in [5.41, 5.74) is 0.894. The lowest BCUT2D eigenvalue weighted by Crippen LogP contribution is -2.51. The van der Waals surface area contributed by atoms with Crippen LogP contribution < -0.4 is 15.0 Å². The zero-order valence-electron chi connectivity index (χ0n) is 13.2. The van der Waals surface area contributed by atoms with Crippen molar-refractivity contribution in [3.8, 4) is 5.75 Å². The number of nitrogens with one attached hydrogen (secondary N) is 1. The summed E-state index contributed by atoms with van der Waals surface area (Å²) in [4.78, 5) is 2.11. The van der Waals surface area contributed by atoms with Crippen molar-refractivity contribution in [3.05, 3.63) is 23.2 Å². The van der Waals surface area contributed by atoms with Crippen LogP contribution in [-0.2, 0) is 10.0 Å². The molecular weight excluding hydrogens is 338 g/mol. The number of rotatable bonds is 4. The van der Waals surface area contributed by atoms with Crippen LogP contribution >= 0.6 is 11.6 Å². The Labute approximate surface area is 142 Å². The van der Waals surface area contributed by atoms with E-state index >= 15 is 0 Å². The third kappa shape index (κ3) is 3.42. The largest absolute Gasteiger partial charge is 0.497 e. The van der Waals surface area contributed by atoms with Crippen LogP contribution in [0.2, 0.25) is 5.02 Å². The van der Waals surface area contributed by atoms with Crippen molar-refractivity contribution in [1.82, 2.24) is 9.62 Å². The number of nitrogens with zero attached hydrogens (tertiary/aromatic N) is 2. The third-order valence-electron chi connectivity index (χ3n) is 4.53. The average Bonchev–Trinajstić information content (AvgIpc) is 3.11. The second kappa shape index (κ2) is 6.84. The Morgan fingerprint density at radius 2 is 2.00 bits per heavy atom. The first-order valence-corrected chi connectivity index (χ1v) is 9.68. The SMILES string of the molecule is COc1ccc(Cl)c(N2CCN(S(=O)(=O)C3CCNC3)CC2)c1. The van der Waals surface area contributed by atoms with Gasteiger partial charge in [0.05, 0.1) is 23.1 Å². The molecule has 128 valence electrons. The van der Waals surface area contributed by atoms with Gasteiger partial charge in [-0.25, -0.2) is 8.42 Å². The molecule has 1 unspecified atom stereocenters. The molecule has 2 heterocycles. The minimum absolute atomic E-state index is 0.283. The molecule has 8 heteroatoms. The van der Waals surface area contributed by atoms with Crippen molar-refractivity contribution in [2.75, 3.05) is 51.3 Å². The van der Waals surface area contributed by atoms with Gasteiger partial charge in [-0.15, -0.1) is 0 Å². The second-order valence-electron chi connectivity index (χ2n) is 5.86. The minimum atomic E-state index is -3.20. The topological polar surface area (TPSA) is 61.9 Å². The van der Waals surface area contributed by atoms with Crippen LogP contribution in [0.5, 0.6) is 5.75 Å². The molecule has 1 aromatic rings. The highest BCUT2D eigenvalue weighted by atomic mass is 35.5. The molecule has 2 fully saturated rings. The van der Waals surface area contributed by atoms with Crippen LogP contribution in [0.4, 0.5) is 5.69 Å². The van der Waals surface area contributed by atoms with E-state index in [1.54, 1.807) is 11.4 Å². The number of ether oxygens (including phenoxy) is 1. The van der Waals surface area contributed by atoms with E-state index in [2.05, 4.69) is 10.2 Å². The van der Waals surface area contributed by atoms with E-state index in [0.717, 1.165) is 18.0 Å². The smallest absolute Gasteiger partial charge is 0.218 e. The Morgan fingerprint density at radius 3 is 2.61 bits per heavy atom. The van der Waals surface area contributed by atoms with Crippen LogP contribution in [0.25, 0.3) is 0 Å². The summed E-state index contributed by atoms with van der Waals surface area (Å²) < 4.78 is 32.1. The van der Waals surface area contributed by atoms with E-state index < -0.39 is 10.0 Å². The van der Waals surface area contributed by atoms with Gasteiger partial charge in [0.15, 0.2) is 0 Å². The Bertz CT molecular complexity index is 654. The van der Waals surface area contributed by atoms with Gasteiger partial charge in [0.25, 0.3) is 0 Å². The van der Waals surface area contributed by atoms with Crippen LogP contribution in [0.15, 0.2) is 18.2 Å². The monoisotopic (exact) mass is 359 g/mol. The molecule has 0 spiro atoms. The predicted molar refractivity (Wildman–Crippen MR) is 92.0 cm³/mol. The molecule has 2 aliphatic heterocycles. The van der Waals surface area contributed by atoms with Crippen molar-refractivity contribution in [2.24, 2.45) is 0 Å². The van der Waals surface area contributed by atoms with Crippen molar-refractivity contribution in [1.29, 1.82) is 0 Å². The maximum atomic E-state index is 12.6. The van der Waals surface area contributed by atoms with Crippen molar-refractivity contribution < 1.29 is 13.2 Å². The molecule has 1 atom stereocenters. The summed E-state index contributed by atoms with van der Waals surface area (Å²) in [6, 6.07) is 5.52. The molecule has 1 aromatic carbocycles. The minimum Gasteiger partial charge on any atom is -0.497 e. The zero-order valence-corrected chi connectivity index (χ0v) is 14.7. The Balaban J connectivity index is 1.69. The number of hydrogen-bond donors (Lipinski definition) is 1. The van der Waals surface area contributed by atoms with E-state index in [1.165, 1.54) is 0 Å². The van der Waals surface area contributed by atoms with E-state index in [9.17, 15) is 8.42 Å². The van der Waals surface area contributed by atoms with Crippen molar-refractivity contribution in [3.63, 3.8) is 0 Å². The first-order valence-electron chi connectivity index (χ1n) is 7.80. The molecule has 0 bridgehead atoms. The maximum Gasteiger partial charge on any atom is 0.218 e. The molecule has 0 aromatic heterocycles. The van der Waals surface area contributed by atoms with Crippen LogP contribution in [0.1, 0.15) is 6.42 Å². The van der Waals surface area contributed by atoms with Gasteiger partial charge in [0.2, 0.25) is 10.0 Å². The maximum absolute atomic E-state index is 12.6. The summed E-state index contributed by atoms with van der Waals surface area (Å²) in [6.07, 6.45) is 0.699. The quantitative estimate of drug-likeness (QED) is 0.874. The standard InChI is InChI=1S/C15H22ClN3O3S/c1-22-12-2-3-14(16)15(10-12)18-6-8-19(9-7-18)23(20,21)13-4-5-17-11-13/h2-3,10,13,17H,4-9,11H2,1H3. The molecule has 0 amide bonds. The average molecular weight is 360 g/mol. The van der Waals surface area contributed by atoms with Crippen LogP contribution in [0, 0.1) is 0 Å². The fourth-order valence-electron chi connectivity index (χ4n) is 3.14. The van der Waals surface area contributed by atoms with Gasteiger partial charge in [0, 0.05) is 38.8 Å². The molecule has 23 heavy (non-hydrogen) atoms. The summed E-state index contributed by atoms with van der Waals surface area (Å²) in [5, 5.41) is 3.50.